The molecule has 0 spiro atoms. The number of pyridine rings is 1. The molecule has 4 rings (SSSR count). The zero-order valence-electron chi connectivity index (χ0n) is 20.3. The second-order valence-electron chi connectivity index (χ2n) is 10.1. The summed E-state index contributed by atoms with van der Waals surface area (Å²) in [4.78, 5) is 29.2. The number of amides is 1. The molecular formula is C27H31ClN4O3. The molecule has 0 saturated heterocycles. The summed E-state index contributed by atoms with van der Waals surface area (Å²) >= 11 is 6.32. The highest BCUT2D eigenvalue weighted by atomic mass is 35.5. The molecular weight excluding hydrogens is 464 g/mol. The monoisotopic (exact) mass is 494 g/mol. The molecule has 1 aliphatic rings. The van der Waals surface area contributed by atoms with Crippen molar-refractivity contribution in [3.8, 4) is 11.3 Å². The van der Waals surface area contributed by atoms with Crippen LogP contribution in [-0.2, 0) is 10.2 Å². The Hall–Kier alpha value is -3.19. The van der Waals surface area contributed by atoms with Crippen molar-refractivity contribution < 1.29 is 9.53 Å². The van der Waals surface area contributed by atoms with Crippen molar-refractivity contribution in [1.82, 2.24) is 20.1 Å². The first kappa shape index (κ1) is 24.9. The Labute approximate surface area is 210 Å². The van der Waals surface area contributed by atoms with Gasteiger partial charge in [0, 0.05) is 41.0 Å². The lowest BCUT2D eigenvalue weighted by atomic mass is 9.68. The van der Waals surface area contributed by atoms with E-state index in [1.807, 2.05) is 51.1 Å². The van der Waals surface area contributed by atoms with Gasteiger partial charge in [0.1, 0.15) is 5.60 Å². The number of benzene rings is 1. The Morgan fingerprint density at radius 1 is 1.14 bits per heavy atom. The highest BCUT2D eigenvalue weighted by Crippen LogP contribution is 2.43. The van der Waals surface area contributed by atoms with Crippen molar-refractivity contribution in [2.45, 2.75) is 63.5 Å². The maximum absolute atomic E-state index is 12.7. The lowest BCUT2D eigenvalue weighted by Gasteiger charge is -2.41. The highest BCUT2D eigenvalue weighted by Gasteiger charge is 2.38. The van der Waals surface area contributed by atoms with E-state index in [0.29, 0.717) is 11.6 Å². The topological polar surface area (TPSA) is 86.1 Å². The predicted molar refractivity (Wildman–Crippen MR) is 137 cm³/mol. The van der Waals surface area contributed by atoms with Crippen LogP contribution in [0.4, 0.5) is 4.79 Å². The van der Waals surface area contributed by atoms with Crippen LogP contribution >= 0.6 is 11.6 Å². The highest BCUT2D eigenvalue weighted by molar-refractivity contribution is 6.30. The van der Waals surface area contributed by atoms with E-state index < -0.39 is 11.7 Å². The van der Waals surface area contributed by atoms with Gasteiger partial charge in [0.05, 0.1) is 11.7 Å². The SMILES string of the molecule is CC(C)(C)OC(=O)NC[C@]1(c2cccc(Cl)c2)CC[C@@H](n2nc(-c3ccncc3)ccc2=O)CC1. The number of carbonyl (C=O) groups is 1. The van der Waals surface area contributed by atoms with E-state index in [0.717, 1.165) is 42.5 Å². The summed E-state index contributed by atoms with van der Waals surface area (Å²) in [6.07, 6.45) is 6.01. The first-order chi connectivity index (χ1) is 16.7. The Balaban J connectivity index is 1.56. The largest absolute Gasteiger partial charge is 0.444 e. The fraction of sp³-hybridized carbons (Fsp3) is 0.407. The summed E-state index contributed by atoms with van der Waals surface area (Å²) in [6, 6.07) is 14.9. The summed E-state index contributed by atoms with van der Waals surface area (Å²) in [5.41, 5.74) is 1.73. The molecule has 1 N–H and O–H groups in total. The van der Waals surface area contributed by atoms with Crippen LogP contribution in [-0.4, -0.2) is 33.0 Å². The number of rotatable bonds is 5. The number of nitrogens with zero attached hydrogens (tertiary/aromatic N) is 3. The van der Waals surface area contributed by atoms with Gasteiger partial charge in [0.15, 0.2) is 0 Å². The third-order valence-electron chi connectivity index (χ3n) is 6.47. The Morgan fingerprint density at radius 2 is 1.86 bits per heavy atom. The summed E-state index contributed by atoms with van der Waals surface area (Å²) in [5.74, 6) is 0. The van der Waals surface area contributed by atoms with Crippen LogP contribution in [0.15, 0.2) is 65.7 Å². The number of carbonyl (C=O) groups excluding carboxylic acids is 1. The Kier molecular flexibility index (Phi) is 7.26. The molecule has 0 bridgehead atoms. The molecule has 7 nitrogen and oxygen atoms in total. The molecule has 1 amide bonds. The van der Waals surface area contributed by atoms with Gasteiger partial charge in [-0.3, -0.25) is 9.78 Å². The van der Waals surface area contributed by atoms with E-state index in [9.17, 15) is 9.59 Å². The fourth-order valence-electron chi connectivity index (χ4n) is 4.70. The van der Waals surface area contributed by atoms with E-state index in [2.05, 4.69) is 21.5 Å². The van der Waals surface area contributed by atoms with Crippen molar-refractivity contribution in [3.05, 3.63) is 81.9 Å². The van der Waals surface area contributed by atoms with Crippen LogP contribution in [0.2, 0.25) is 5.02 Å². The van der Waals surface area contributed by atoms with Crippen molar-refractivity contribution in [1.29, 1.82) is 0 Å². The van der Waals surface area contributed by atoms with E-state index >= 15 is 0 Å². The van der Waals surface area contributed by atoms with Crippen LogP contribution in [0.3, 0.4) is 0 Å². The van der Waals surface area contributed by atoms with Gasteiger partial charge in [0.25, 0.3) is 5.56 Å². The van der Waals surface area contributed by atoms with Crippen molar-refractivity contribution in [2.24, 2.45) is 0 Å². The van der Waals surface area contributed by atoms with Gasteiger partial charge in [0.2, 0.25) is 0 Å². The quantitative estimate of drug-likeness (QED) is 0.503. The van der Waals surface area contributed by atoms with E-state index in [4.69, 9.17) is 16.3 Å². The molecule has 1 aromatic carbocycles. The first-order valence-corrected chi connectivity index (χ1v) is 12.3. The van der Waals surface area contributed by atoms with Crippen LogP contribution in [0.1, 0.15) is 58.1 Å². The smallest absolute Gasteiger partial charge is 0.407 e. The summed E-state index contributed by atoms with van der Waals surface area (Å²) in [6.45, 7) is 5.95. The lowest BCUT2D eigenvalue weighted by Crippen LogP contribution is -2.45. The zero-order valence-corrected chi connectivity index (χ0v) is 21.1. The second-order valence-corrected chi connectivity index (χ2v) is 10.6. The molecule has 0 unspecified atom stereocenters. The van der Waals surface area contributed by atoms with E-state index in [1.54, 1.807) is 29.2 Å². The first-order valence-electron chi connectivity index (χ1n) is 11.9. The summed E-state index contributed by atoms with van der Waals surface area (Å²) < 4.78 is 7.07. The molecule has 184 valence electrons. The minimum absolute atomic E-state index is 0.0295. The molecule has 0 radical (unpaired) electrons. The van der Waals surface area contributed by atoms with Crippen LogP contribution in [0, 0.1) is 0 Å². The van der Waals surface area contributed by atoms with Gasteiger partial charge < -0.3 is 10.1 Å². The molecule has 1 fully saturated rings. The molecule has 2 heterocycles. The van der Waals surface area contributed by atoms with Crippen LogP contribution < -0.4 is 10.9 Å². The number of halogens is 1. The zero-order chi connectivity index (χ0) is 25.1. The molecule has 2 aromatic heterocycles. The maximum Gasteiger partial charge on any atom is 0.407 e. The second kappa shape index (κ2) is 10.2. The normalized spacial score (nSPS) is 20.3. The van der Waals surface area contributed by atoms with Gasteiger partial charge in [-0.15, -0.1) is 0 Å². The van der Waals surface area contributed by atoms with Gasteiger partial charge in [-0.1, -0.05) is 23.7 Å². The molecule has 0 aliphatic heterocycles. The molecule has 3 aromatic rings. The molecule has 8 heteroatoms. The lowest BCUT2D eigenvalue weighted by molar-refractivity contribution is 0.0504. The summed E-state index contributed by atoms with van der Waals surface area (Å²) in [5, 5.41) is 8.31. The van der Waals surface area contributed by atoms with Crippen LogP contribution in [0.25, 0.3) is 11.3 Å². The molecule has 1 aliphatic carbocycles. The molecule has 0 atom stereocenters. The number of aromatic nitrogens is 3. The standard InChI is InChI=1S/C27H31ClN4O3/c1-26(2,3)35-25(34)30-18-27(20-5-4-6-21(28)17-20)13-9-22(10-14-27)32-24(33)8-7-23(31-32)19-11-15-29-16-12-19/h4-8,11-12,15-17,22H,9-10,13-14,18H2,1-3H3,(H,30,34)/t22-,27+. The van der Waals surface area contributed by atoms with E-state index in [1.165, 1.54) is 0 Å². The van der Waals surface area contributed by atoms with Gasteiger partial charge in [-0.25, -0.2) is 9.48 Å². The van der Waals surface area contributed by atoms with Crippen molar-refractivity contribution in [2.75, 3.05) is 6.54 Å². The van der Waals surface area contributed by atoms with Crippen molar-refractivity contribution >= 4 is 17.7 Å². The minimum atomic E-state index is -0.572. The number of hydrogen-bond donors (Lipinski definition) is 1. The number of hydrogen-bond acceptors (Lipinski definition) is 5. The Morgan fingerprint density at radius 3 is 2.51 bits per heavy atom. The Bertz CT molecular complexity index is 1230. The van der Waals surface area contributed by atoms with Gasteiger partial charge in [-0.2, -0.15) is 5.10 Å². The number of nitrogens with one attached hydrogen (secondary N) is 1. The number of ether oxygens (including phenoxy) is 1. The van der Waals surface area contributed by atoms with Gasteiger partial charge >= 0.3 is 6.09 Å². The van der Waals surface area contributed by atoms with Crippen LogP contribution in [0.5, 0.6) is 0 Å². The average molecular weight is 495 g/mol. The third-order valence-corrected chi connectivity index (χ3v) is 6.70. The molecule has 1 saturated carbocycles. The fourth-order valence-corrected chi connectivity index (χ4v) is 4.89. The average Bonchev–Trinajstić information content (AvgIpc) is 2.83. The predicted octanol–water partition coefficient (Wildman–Crippen LogP) is 5.54. The maximum atomic E-state index is 12.7. The third kappa shape index (κ3) is 6.09. The van der Waals surface area contributed by atoms with E-state index in [-0.39, 0.29) is 17.0 Å². The minimum Gasteiger partial charge on any atom is -0.444 e. The molecule has 35 heavy (non-hydrogen) atoms. The number of alkyl carbamates (subject to hydrolysis) is 1. The van der Waals surface area contributed by atoms with Gasteiger partial charge in [-0.05, 0) is 82.3 Å². The summed E-state index contributed by atoms with van der Waals surface area (Å²) in [7, 11) is 0. The van der Waals surface area contributed by atoms with Crippen molar-refractivity contribution in [3.63, 3.8) is 0 Å².